The standard InChI is InChI=1S/C14H14FNO2/c1-8-4-9(2)16-14-10(6-13(17)18-3)5-11(15)7-12(8)14/h4-5,7H,6H2,1-3H3. The number of hydrogen-bond acceptors (Lipinski definition) is 3. The summed E-state index contributed by atoms with van der Waals surface area (Å²) in [6.45, 7) is 3.77. The second-order valence-corrected chi connectivity index (χ2v) is 4.29. The van der Waals surface area contributed by atoms with E-state index in [0.717, 1.165) is 16.6 Å². The molecule has 0 atom stereocenters. The van der Waals surface area contributed by atoms with Gasteiger partial charge >= 0.3 is 5.97 Å². The predicted octanol–water partition coefficient (Wildman–Crippen LogP) is 2.71. The van der Waals surface area contributed by atoms with E-state index < -0.39 is 5.97 Å². The molecule has 0 fully saturated rings. The van der Waals surface area contributed by atoms with Crippen LogP contribution >= 0.6 is 0 Å². The highest BCUT2D eigenvalue weighted by Gasteiger charge is 2.12. The average Bonchev–Trinajstić information content (AvgIpc) is 2.30. The molecule has 94 valence electrons. The molecule has 0 saturated heterocycles. The van der Waals surface area contributed by atoms with Gasteiger partial charge in [0.15, 0.2) is 0 Å². The summed E-state index contributed by atoms with van der Waals surface area (Å²) >= 11 is 0. The number of halogens is 1. The Morgan fingerprint density at radius 1 is 1.33 bits per heavy atom. The van der Waals surface area contributed by atoms with Gasteiger partial charge in [-0.3, -0.25) is 9.78 Å². The Morgan fingerprint density at radius 3 is 2.72 bits per heavy atom. The molecule has 0 saturated carbocycles. The van der Waals surface area contributed by atoms with Gasteiger partial charge in [-0.25, -0.2) is 4.39 Å². The van der Waals surface area contributed by atoms with Crippen molar-refractivity contribution in [3.63, 3.8) is 0 Å². The van der Waals surface area contributed by atoms with E-state index in [4.69, 9.17) is 0 Å². The van der Waals surface area contributed by atoms with Gasteiger partial charge in [-0.15, -0.1) is 0 Å². The maximum absolute atomic E-state index is 13.6. The van der Waals surface area contributed by atoms with Crippen LogP contribution in [0.25, 0.3) is 10.9 Å². The third-order valence-electron chi connectivity index (χ3n) is 2.85. The molecule has 0 aliphatic heterocycles. The van der Waals surface area contributed by atoms with Crippen molar-refractivity contribution in [3.8, 4) is 0 Å². The summed E-state index contributed by atoms with van der Waals surface area (Å²) in [4.78, 5) is 15.7. The highest BCUT2D eigenvalue weighted by Crippen LogP contribution is 2.23. The molecule has 0 bridgehead atoms. The van der Waals surface area contributed by atoms with Crippen LogP contribution < -0.4 is 0 Å². The van der Waals surface area contributed by atoms with E-state index in [2.05, 4.69) is 9.72 Å². The van der Waals surface area contributed by atoms with Crippen molar-refractivity contribution in [2.24, 2.45) is 0 Å². The molecule has 0 radical (unpaired) electrons. The summed E-state index contributed by atoms with van der Waals surface area (Å²) in [5, 5.41) is 0.736. The largest absolute Gasteiger partial charge is 0.469 e. The molecular weight excluding hydrogens is 233 g/mol. The van der Waals surface area contributed by atoms with E-state index in [1.807, 2.05) is 19.9 Å². The smallest absolute Gasteiger partial charge is 0.310 e. The van der Waals surface area contributed by atoms with Crippen LogP contribution in [0.2, 0.25) is 0 Å². The number of aromatic nitrogens is 1. The van der Waals surface area contributed by atoms with Crippen LogP contribution in [-0.2, 0) is 16.0 Å². The number of esters is 1. The van der Waals surface area contributed by atoms with Crippen molar-refractivity contribution in [3.05, 3.63) is 40.8 Å². The lowest BCUT2D eigenvalue weighted by Gasteiger charge is -2.09. The molecule has 0 aliphatic rings. The Hall–Kier alpha value is -1.97. The zero-order valence-electron chi connectivity index (χ0n) is 10.6. The Bertz CT molecular complexity index is 623. The molecule has 0 spiro atoms. The maximum Gasteiger partial charge on any atom is 0.310 e. The van der Waals surface area contributed by atoms with Crippen molar-refractivity contribution in [2.45, 2.75) is 20.3 Å². The number of aryl methyl sites for hydroxylation is 2. The average molecular weight is 247 g/mol. The van der Waals surface area contributed by atoms with Crippen molar-refractivity contribution in [2.75, 3.05) is 7.11 Å². The molecular formula is C14H14FNO2. The van der Waals surface area contributed by atoms with Crippen molar-refractivity contribution in [1.29, 1.82) is 0 Å². The minimum atomic E-state index is -0.400. The van der Waals surface area contributed by atoms with Gasteiger partial charge in [0.25, 0.3) is 0 Å². The van der Waals surface area contributed by atoms with Crippen LogP contribution in [-0.4, -0.2) is 18.1 Å². The first-order valence-corrected chi connectivity index (χ1v) is 5.64. The molecule has 1 heterocycles. The second kappa shape index (κ2) is 4.72. The van der Waals surface area contributed by atoms with Crippen LogP contribution in [0.15, 0.2) is 18.2 Å². The fraction of sp³-hybridized carbons (Fsp3) is 0.286. The van der Waals surface area contributed by atoms with Gasteiger partial charge in [-0.05, 0) is 43.2 Å². The number of rotatable bonds is 2. The van der Waals surface area contributed by atoms with Gasteiger partial charge < -0.3 is 4.74 Å². The number of carbonyl (C=O) groups is 1. The minimum absolute atomic E-state index is 0.0284. The summed E-state index contributed by atoms with van der Waals surface area (Å²) in [5.41, 5.74) is 3.02. The molecule has 2 aromatic rings. The van der Waals surface area contributed by atoms with Crippen LogP contribution in [0.1, 0.15) is 16.8 Å². The zero-order valence-corrected chi connectivity index (χ0v) is 10.6. The molecule has 1 aromatic heterocycles. The van der Waals surface area contributed by atoms with E-state index in [0.29, 0.717) is 11.1 Å². The summed E-state index contributed by atoms with van der Waals surface area (Å²) in [5.74, 6) is -0.766. The first kappa shape index (κ1) is 12.5. The van der Waals surface area contributed by atoms with Gasteiger partial charge in [-0.1, -0.05) is 0 Å². The monoisotopic (exact) mass is 247 g/mol. The minimum Gasteiger partial charge on any atom is -0.469 e. The highest BCUT2D eigenvalue weighted by molar-refractivity contribution is 5.88. The molecule has 0 aliphatic carbocycles. The normalized spacial score (nSPS) is 10.7. The molecule has 3 nitrogen and oxygen atoms in total. The number of nitrogens with zero attached hydrogens (tertiary/aromatic N) is 1. The molecule has 18 heavy (non-hydrogen) atoms. The molecule has 2 rings (SSSR count). The Kier molecular flexibility index (Phi) is 3.28. The molecule has 4 heteroatoms. The number of pyridine rings is 1. The van der Waals surface area contributed by atoms with Crippen LogP contribution in [0.4, 0.5) is 4.39 Å². The van der Waals surface area contributed by atoms with Gasteiger partial charge in [0.2, 0.25) is 0 Å². The summed E-state index contributed by atoms with van der Waals surface area (Å²) in [7, 11) is 1.31. The fourth-order valence-corrected chi connectivity index (χ4v) is 2.05. The van der Waals surface area contributed by atoms with Crippen molar-refractivity contribution >= 4 is 16.9 Å². The van der Waals surface area contributed by atoms with Crippen molar-refractivity contribution in [1.82, 2.24) is 4.98 Å². The lowest BCUT2D eigenvalue weighted by Crippen LogP contribution is -2.06. The molecule has 1 aromatic carbocycles. The van der Waals surface area contributed by atoms with E-state index in [-0.39, 0.29) is 12.2 Å². The van der Waals surface area contributed by atoms with E-state index in [1.165, 1.54) is 19.2 Å². The first-order chi connectivity index (χ1) is 8.51. The van der Waals surface area contributed by atoms with Crippen molar-refractivity contribution < 1.29 is 13.9 Å². The Morgan fingerprint density at radius 2 is 2.06 bits per heavy atom. The van der Waals surface area contributed by atoms with Crippen LogP contribution in [0.3, 0.4) is 0 Å². The maximum atomic E-state index is 13.6. The number of benzene rings is 1. The first-order valence-electron chi connectivity index (χ1n) is 5.64. The Labute approximate surface area is 105 Å². The summed E-state index contributed by atoms with van der Waals surface area (Å²) in [6.07, 6.45) is 0.0284. The van der Waals surface area contributed by atoms with Crippen LogP contribution in [0.5, 0.6) is 0 Å². The van der Waals surface area contributed by atoms with Gasteiger partial charge in [0.1, 0.15) is 5.82 Å². The highest BCUT2D eigenvalue weighted by atomic mass is 19.1. The Balaban J connectivity index is 2.67. The lowest BCUT2D eigenvalue weighted by atomic mass is 10.0. The van der Waals surface area contributed by atoms with Crippen LogP contribution in [0, 0.1) is 19.7 Å². The fourth-order valence-electron chi connectivity index (χ4n) is 2.05. The summed E-state index contributed by atoms with van der Waals surface area (Å²) in [6, 6.07) is 4.67. The number of ether oxygens (including phenoxy) is 1. The summed E-state index contributed by atoms with van der Waals surface area (Å²) < 4.78 is 18.2. The molecule has 0 N–H and O–H groups in total. The molecule has 0 amide bonds. The van der Waals surface area contributed by atoms with Gasteiger partial charge in [0, 0.05) is 11.1 Å². The number of methoxy groups -OCH3 is 1. The lowest BCUT2D eigenvalue weighted by molar-refractivity contribution is -0.139. The third kappa shape index (κ3) is 2.32. The molecule has 0 unspecified atom stereocenters. The van der Waals surface area contributed by atoms with E-state index in [1.54, 1.807) is 0 Å². The SMILES string of the molecule is COC(=O)Cc1cc(F)cc2c(C)cc(C)nc12. The quantitative estimate of drug-likeness (QED) is 0.766. The predicted molar refractivity (Wildman–Crippen MR) is 66.9 cm³/mol. The zero-order chi connectivity index (χ0) is 13.3. The number of fused-ring (bicyclic) bond motifs is 1. The topological polar surface area (TPSA) is 39.2 Å². The van der Waals surface area contributed by atoms with E-state index >= 15 is 0 Å². The number of carbonyl (C=O) groups excluding carboxylic acids is 1. The van der Waals surface area contributed by atoms with Gasteiger partial charge in [-0.2, -0.15) is 0 Å². The number of hydrogen-bond donors (Lipinski definition) is 0. The van der Waals surface area contributed by atoms with E-state index in [9.17, 15) is 9.18 Å². The third-order valence-corrected chi connectivity index (χ3v) is 2.85. The second-order valence-electron chi connectivity index (χ2n) is 4.29. The van der Waals surface area contributed by atoms with Gasteiger partial charge in [0.05, 0.1) is 19.0 Å².